The lowest BCUT2D eigenvalue weighted by molar-refractivity contribution is 1.21. The summed E-state index contributed by atoms with van der Waals surface area (Å²) in [6.07, 6.45) is 0.297. The topological polar surface area (TPSA) is 73.6 Å². The molecule has 0 saturated carbocycles. The molecule has 0 spiro atoms. The molecular weight excluding hydrogens is 162 g/mol. The molecule has 0 radical (unpaired) electrons. The number of anilines is 1. The summed E-state index contributed by atoms with van der Waals surface area (Å²) in [5, 5.41) is 17.2. The number of nitrogens with zero attached hydrogens (tertiary/aromatic N) is 2. The summed E-state index contributed by atoms with van der Waals surface area (Å²) in [4.78, 5) is 0. The van der Waals surface area contributed by atoms with Gasteiger partial charge in [-0.2, -0.15) is 10.5 Å². The van der Waals surface area contributed by atoms with Crippen LogP contribution in [-0.2, 0) is 6.42 Å². The second kappa shape index (κ2) is 3.60. The van der Waals surface area contributed by atoms with Crippen molar-refractivity contribution in [1.29, 1.82) is 10.5 Å². The van der Waals surface area contributed by atoms with E-state index in [1.165, 1.54) is 0 Å². The van der Waals surface area contributed by atoms with E-state index in [0.29, 0.717) is 17.7 Å². The van der Waals surface area contributed by atoms with Gasteiger partial charge >= 0.3 is 0 Å². The number of hydrogen-bond donors (Lipinski definition) is 1. The van der Waals surface area contributed by atoms with E-state index < -0.39 is 0 Å². The number of hydrogen-bond acceptors (Lipinski definition) is 3. The van der Waals surface area contributed by atoms with Crippen molar-refractivity contribution in [3.05, 3.63) is 28.8 Å². The average Bonchev–Trinajstić information content (AvgIpc) is 2.13. The predicted octanol–water partition coefficient (Wildman–Crippen LogP) is 1.51. The Balaban J connectivity index is 3.28. The molecule has 0 amide bonds. The molecule has 0 aliphatic carbocycles. The number of benzene rings is 1. The molecule has 0 atom stereocenters. The van der Waals surface area contributed by atoms with Crippen molar-refractivity contribution >= 4 is 5.69 Å². The highest BCUT2D eigenvalue weighted by molar-refractivity contribution is 5.56. The SMILES string of the molecule is Cc1c(N)cc(C#N)cc1CC#N. The van der Waals surface area contributed by atoms with Crippen LogP contribution in [0.4, 0.5) is 5.69 Å². The van der Waals surface area contributed by atoms with Crippen LogP contribution in [0.3, 0.4) is 0 Å². The van der Waals surface area contributed by atoms with Gasteiger partial charge in [0.25, 0.3) is 0 Å². The van der Waals surface area contributed by atoms with Gasteiger partial charge in [-0.1, -0.05) is 0 Å². The molecular formula is C10H9N3. The first-order valence-corrected chi connectivity index (χ1v) is 3.85. The molecule has 0 aliphatic rings. The minimum Gasteiger partial charge on any atom is -0.398 e. The quantitative estimate of drug-likeness (QED) is 0.651. The molecule has 1 aromatic rings. The van der Waals surface area contributed by atoms with E-state index in [-0.39, 0.29) is 0 Å². The van der Waals surface area contributed by atoms with E-state index in [1.807, 2.05) is 19.1 Å². The standard InChI is InChI=1S/C10H9N3/c1-7-9(2-3-11)4-8(6-12)5-10(7)13/h4-5H,2,13H2,1H3. The first-order valence-electron chi connectivity index (χ1n) is 3.85. The Morgan fingerprint density at radius 1 is 1.38 bits per heavy atom. The number of nitriles is 2. The third kappa shape index (κ3) is 1.77. The molecule has 0 unspecified atom stereocenters. The van der Waals surface area contributed by atoms with Crippen molar-refractivity contribution in [3.8, 4) is 12.1 Å². The molecule has 0 saturated heterocycles. The number of nitrogen functional groups attached to an aromatic ring is 1. The monoisotopic (exact) mass is 171 g/mol. The van der Waals surface area contributed by atoms with Crippen LogP contribution in [0.15, 0.2) is 12.1 Å². The lowest BCUT2D eigenvalue weighted by atomic mass is 10.0. The van der Waals surface area contributed by atoms with Gasteiger partial charge in [0.1, 0.15) is 0 Å². The molecule has 0 aliphatic heterocycles. The molecule has 13 heavy (non-hydrogen) atoms. The number of rotatable bonds is 1. The summed E-state index contributed by atoms with van der Waals surface area (Å²) in [6.45, 7) is 1.85. The van der Waals surface area contributed by atoms with Crippen molar-refractivity contribution in [2.45, 2.75) is 13.3 Å². The van der Waals surface area contributed by atoms with Gasteiger partial charge in [0, 0.05) is 5.69 Å². The van der Waals surface area contributed by atoms with E-state index in [2.05, 4.69) is 0 Å². The summed E-state index contributed by atoms with van der Waals surface area (Å²) in [5.74, 6) is 0. The predicted molar refractivity (Wildman–Crippen MR) is 49.6 cm³/mol. The molecule has 64 valence electrons. The minimum atomic E-state index is 0.297. The highest BCUT2D eigenvalue weighted by Gasteiger charge is 2.03. The molecule has 0 bridgehead atoms. The van der Waals surface area contributed by atoms with Gasteiger partial charge < -0.3 is 5.73 Å². The smallest absolute Gasteiger partial charge is 0.0992 e. The van der Waals surface area contributed by atoms with Crippen LogP contribution < -0.4 is 5.73 Å². The second-order valence-corrected chi connectivity index (χ2v) is 2.80. The maximum atomic E-state index is 8.66. The summed E-state index contributed by atoms with van der Waals surface area (Å²) in [6, 6.07) is 7.37. The Kier molecular flexibility index (Phi) is 2.52. The third-order valence-electron chi connectivity index (χ3n) is 1.95. The highest BCUT2D eigenvalue weighted by Crippen LogP contribution is 2.18. The van der Waals surface area contributed by atoms with Gasteiger partial charge in [-0.3, -0.25) is 0 Å². The van der Waals surface area contributed by atoms with Crippen LogP contribution in [0.5, 0.6) is 0 Å². The van der Waals surface area contributed by atoms with Gasteiger partial charge in [-0.25, -0.2) is 0 Å². The van der Waals surface area contributed by atoms with Gasteiger partial charge in [-0.15, -0.1) is 0 Å². The van der Waals surface area contributed by atoms with Gasteiger partial charge in [0.05, 0.1) is 24.1 Å². The van der Waals surface area contributed by atoms with Crippen LogP contribution in [0, 0.1) is 29.6 Å². The normalized spacial score (nSPS) is 8.85. The Labute approximate surface area is 77.0 Å². The van der Waals surface area contributed by atoms with Crippen LogP contribution in [0.2, 0.25) is 0 Å². The minimum absolute atomic E-state index is 0.297. The summed E-state index contributed by atoms with van der Waals surface area (Å²) in [7, 11) is 0. The van der Waals surface area contributed by atoms with Crippen LogP contribution >= 0.6 is 0 Å². The molecule has 0 fully saturated rings. The van der Waals surface area contributed by atoms with Crippen molar-refractivity contribution < 1.29 is 0 Å². The summed E-state index contributed by atoms with van der Waals surface area (Å²) in [5.41, 5.74) is 8.47. The van der Waals surface area contributed by atoms with Crippen molar-refractivity contribution in [2.75, 3.05) is 5.73 Å². The Bertz CT molecular complexity index is 407. The zero-order chi connectivity index (χ0) is 9.84. The van der Waals surface area contributed by atoms with Crippen LogP contribution in [0.25, 0.3) is 0 Å². The maximum Gasteiger partial charge on any atom is 0.0992 e. The van der Waals surface area contributed by atoms with Gasteiger partial charge in [0.2, 0.25) is 0 Å². The molecule has 3 heteroatoms. The van der Waals surface area contributed by atoms with E-state index in [4.69, 9.17) is 16.3 Å². The van der Waals surface area contributed by atoms with Gasteiger partial charge in [-0.05, 0) is 30.2 Å². The van der Waals surface area contributed by atoms with E-state index in [9.17, 15) is 0 Å². The van der Waals surface area contributed by atoms with E-state index >= 15 is 0 Å². The van der Waals surface area contributed by atoms with Gasteiger partial charge in [0.15, 0.2) is 0 Å². The van der Waals surface area contributed by atoms with Crippen molar-refractivity contribution in [1.82, 2.24) is 0 Å². The van der Waals surface area contributed by atoms with Crippen LogP contribution in [-0.4, -0.2) is 0 Å². The average molecular weight is 171 g/mol. The molecule has 3 nitrogen and oxygen atoms in total. The Morgan fingerprint density at radius 2 is 2.08 bits per heavy atom. The zero-order valence-corrected chi connectivity index (χ0v) is 7.33. The third-order valence-corrected chi connectivity index (χ3v) is 1.95. The molecule has 1 aromatic carbocycles. The zero-order valence-electron chi connectivity index (χ0n) is 7.33. The van der Waals surface area contributed by atoms with E-state index in [1.54, 1.807) is 12.1 Å². The summed E-state index contributed by atoms with van der Waals surface area (Å²) < 4.78 is 0. The molecule has 2 N–H and O–H groups in total. The number of nitrogens with two attached hydrogens (primary N) is 1. The largest absolute Gasteiger partial charge is 0.398 e. The lowest BCUT2D eigenvalue weighted by Gasteiger charge is -2.05. The summed E-state index contributed by atoms with van der Waals surface area (Å²) >= 11 is 0. The van der Waals surface area contributed by atoms with Crippen molar-refractivity contribution in [2.24, 2.45) is 0 Å². The van der Waals surface area contributed by atoms with Crippen molar-refractivity contribution in [3.63, 3.8) is 0 Å². The first kappa shape index (κ1) is 9.09. The fourth-order valence-corrected chi connectivity index (χ4v) is 1.13. The second-order valence-electron chi connectivity index (χ2n) is 2.80. The van der Waals surface area contributed by atoms with E-state index in [0.717, 1.165) is 11.1 Å². The first-order chi connectivity index (χ1) is 6.19. The van der Waals surface area contributed by atoms with Crippen LogP contribution in [0.1, 0.15) is 16.7 Å². The molecule has 1 rings (SSSR count). The maximum absolute atomic E-state index is 8.66. The fraction of sp³-hybridized carbons (Fsp3) is 0.200. The lowest BCUT2D eigenvalue weighted by Crippen LogP contribution is -1.96. The molecule has 0 aromatic heterocycles. The Hall–Kier alpha value is -2.00. The molecule has 0 heterocycles. The Morgan fingerprint density at radius 3 is 2.62 bits per heavy atom. The fourth-order valence-electron chi connectivity index (χ4n) is 1.13. The highest BCUT2D eigenvalue weighted by atomic mass is 14.6.